The molecule has 0 saturated heterocycles. The molecular weight excluding hydrogens is 430 g/mol. The molecular formula is C24H25NO6S. The van der Waals surface area contributed by atoms with E-state index in [-0.39, 0.29) is 16.2 Å². The van der Waals surface area contributed by atoms with E-state index in [1.807, 2.05) is 31.2 Å². The number of fused-ring (bicyclic) bond motifs is 1. The topological polar surface area (TPSA) is 103 Å². The fraction of sp³-hybridized carbons (Fsp3) is 0.250. The van der Waals surface area contributed by atoms with Gasteiger partial charge in [0, 0.05) is 16.5 Å². The highest BCUT2D eigenvalue weighted by atomic mass is 32.2. The van der Waals surface area contributed by atoms with Crippen LogP contribution in [0.1, 0.15) is 25.3 Å². The number of esters is 2. The molecule has 1 aromatic heterocycles. The van der Waals surface area contributed by atoms with Gasteiger partial charge in [-0.05, 0) is 36.3 Å². The maximum atomic E-state index is 12.5. The number of carbonyl (C=O) groups excluding carboxylic acids is 2. The molecule has 1 heterocycles. The third-order valence-electron chi connectivity index (χ3n) is 5.11. The Bertz CT molecular complexity index is 1250. The lowest BCUT2D eigenvalue weighted by Crippen LogP contribution is -2.15. The fourth-order valence-corrected chi connectivity index (χ4v) is 4.84. The molecule has 0 amide bonds. The lowest BCUT2D eigenvalue weighted by molar-refractivity contribution is -0.143. The van der Waals surface area contributed by atoms with Gasteiger partial charge in [-0.1, -0.05) is 43.7 Å². The average molecular weight is 456 g/mol. The van der Waals surface area contributed by atoms with Crippen LogP contribution < -0.4 is 0 Å². The maximum Gasteiger partial charge on any atom is 0.345 e. The molecule has 2 aromatic carbocycles. The molecule has 3 rings (SSSR count). The molecule has 8 heteroatoms. The second kappa shape index (κ2) is 9.82. The van der Waals surface area contributed by atoms with E-state index in [1.165, 1.54) is 20.3 Å². The summed E-state index contributed by atoms with van der Waals surface area (Å²) in [5.41, 5.74) is 2.47. The van der Waals surface area contributed by atoms with Gasteiger partial charge in [0.25, 0.3) is 0 Å². The molecule has 0 saturated carbocycles. The SMILES string of the molecule is CCCCS(=O)(=O)c1ccc(-c2[nH]c3ccccc3c2C=C(C(=O)OC)C(=O)OC)cc1. The van der Waals surface area contributed by atoms with Crippen molar-refractivity contribution in [2.75, 3.05) is 20.0 Å². The van der Waals surface area contributed by atoms with Crippen LogP contribution in [0.4, 0.5) is 0 Å². The van der Waals surface area contributed by atoms with Crippen LogP contribution in [0, 0.1) is 0 Å². The summed E-state index contributed by atoms with van der Waals surface area (Å²) < 4.78 is 34.5. The van der Waals surface area contributed by atoms with Crippen molar-refractivity contribution in [2.45, 2.75) is 24.7 Å². The normalized spacial score (nSPS) is 11.2. The van der Waals surface area contributed by atoms with Gasteiger partial charge < -0.3 is 14.5 Å². The van der Waals surface area contributed by atoms with E-state index in [9.17, 15) is 18.0 Å². The summed E-state index contributed by atoms with van der Waals surface area (Å²) in [6.45, 7) is 1.94. The summed E-state index contributed by atoms with van der Waals surface area (Å²) >= 11 is 0. The first-order valence-corrected chi connectivity index (χ1v) is 11.8. The number of unbranched alkanes of at least 4 members (excludes halogenated alkanes) is 1. The molecule has 0 fully saturated rings. The number of aromatic amines is 1. The number of aromatic nitrogens is 1. The van der Waals surface area contributed by atoms with Gasteiger partial charge in [-0.3, -0.25) is 0 Å². The first kappa shape index (κ1) is 23.3. The van der Waals surface area contributed by atoms with Crippen molar-refractivity contribution in [3.05, 3.63) is 59.7 Å². The van der Waals surface area contributed by atoms with Gasteiger partial charge in [0.15, 0.2) is 9.84 Å². The predicted octanol–water partition coefficient (Wildman–Crippen LogP) is 4.14. The van der Waals surface area contributed by atoms with Gasteiger partial charge in [-0.25, -0.2) is 18.0 Å². The molecule has 0 bridgehead atoms. The second-order valence-corrected chi connectivity index (χ2v) is 9.31. The van der Waals surface area contributed by atoms with Crippen molar-refractivity contribution in [3.8, 4) is 11.3 Å². The third kappa shape index (κ3) is 4.75. The first-order valence-electron chi connectivity index (χ1n) is 10.1. The smallest absolute Gasteiger partial charge is 0.345 e. The Hall–Kier alpha value is -3.39. The van der Waals surface area contributed by atoms with Gasteiger partial charge in [0.1, 0.15) is 5.57 Å². The highest BCUT2D eigenvalue weighted by molar-refractivity contribution is 7.91. The van der Waals surface area contributed by atoms with Crippen LogP contribution in [0.25, 0.3) is 28.2 Å². The minimum Gasteiger partial charge on any atom is -0.465 e. The Morgan fingerprint density at radius 3 is 2.19 bits per heavy atom. The zero-order valence-electron chi connectivity index (χ0n) is 18.2. The standard InChI is InChI=1S/C24H25NO6S/c1-4-5-14-32(28,29)17-12-10-16(11-13-17)22-19(18-8-6-7-9-21(18)25-22)15-20(23(26)30-2)24(27)31-3/h6-13,15,25H,4-5,14H2,1-3H3. The number of carbonyl (C=O) groups is 2. The van der Waals surface area contributed by atoms with Gasteiger partial charge >= 0.3 is 11.9 Å². The number of H-pyrrole nitrogens is 1. The summed E-state index contributed by atoms with van der Waals surface area (Å²) in [7, 11) is -0.974. The monoisotopic (exact) mass is 455 g/mol. The Labute approximate surface area is 187 Å². The summed E-state index contributed by atoms with van der Waals surface area (Å²) in [5.74, 6) is -1.53. The maximum absolute atomic E-state index is 12.5. The molecule has 32 heavy (non-hydrogen) atoms. The fourth-order valence-electron chi connectivity index (χ4n) is 3.39. The van der Waals surface area contributed by atoms with Crippen molar-refractivity contribution in [3.63, 3.8) is 0 Å². The number of sulfone groups is 1. The zero-order valence-corrected chi connectivity index (χ0v) is 19.0. The third-order valence-corrected chi connectivity index (χ3v) is 6.93. The number of ether oxygens (including phenoxy) is 2. The molecule has 0 spiro atoms. The summed E-state index contributed by atoms with van der Waals surface area (Å²) in [6.07, 6.45) is 2.83. The summed E-state index contributed by atoms with van der Waals surface area (Å²) in [5, 5.41) is 0.785. The molecule has 0 aliphatic rings. The average Bonchev–Trinajstić information content (AvgIpc) is 3.18. The second-order valence-electron chi connectivity index (χ2n) is 7.20. The number of hydrogen-bond donors (Lipinski definition) is 1. The van der Waals surface area contributed by atoms with Crippen LogP contribution in [0.2, 0.25) is 0 Å². The van der Waals surface area contributed by atoms with Crippen LogP contribution >= 0.6 is 0 Å². The minimum atomic E-state index is -3.35. The first-order chi connectivity index (χ1) is 15.3. The number of hydrogen-bond acceptors (Lipinski definition) is 6. The van der Waals surface area contributed by atoms with Crippen molar-refractivity contribution in [1.29, 1.82) is 0 Å². The number of benzene rings is 2. The quantitative estimate of drug-likeness (QED) is 0.237. The molecule has 0 aliphatic carbocycles. The van der Waals surface area contributed by atoms with Crippen molar-refractivity contribution < 1.29 is 27.5 Å². The Morgan fingerprint density at radius 1 is 0.969 bits per heavy atom. The summed E-state index contributed by atoms with van der Waals surface area (Å²) in [6, 6.07) is 14.0. The van der Waals surface area contributed by atoms with Crippen LogP contribution in [0.5, 0.6) is 0 Å². The number of nitrogens with one attached hydrogen (secondary N) is 1. The Kier molecular flexibility index (Phi) is 7.15. The Morgan fingerprint density at radius 2 is 1.59 bits per heavy atom. The molecule has 0 unspecified atom stereocenters. The lowest BCUT2D eigenvalue weighted by atomic mass is 10.0. The van der Waals surface area contributed by atoms with E-state index in [0.717, 1.165) is 17.3 Å². The van der Waals surface area contributed by atoms with E-state index in [2.05, 4.69) is 4.98 Å². The molecule has 0 atom stereocenters. The van der Waals surface area contributed by atoms with Crippen LogP contribution in [-0.2, 0) is 28.9 Å². The van der Waals surface area contributed by atoms with E-state index >= 15 is 0 Å². The number of rotatable bonds is 8. The van der Waals surface area contributed by atoms with Crippen LogP contribution in [0.3, 0.4) is 0 Å². The largest absolute Gasteiger partial charge is 0.465 e. The molecule has 1 N–H and O–H groups in total. The molecule has 7 nitrogen and oxygen atoms in total. The lowest BCUT2D eigenvalue weighted by Gasteiger charge is -2.07. The van der Waals surface area contributed by atoms with Gasteiger partial charge in [0.2, 0.25) is 0 Å². The zero-order chi connectivity index (χ0) is 23.3. The van der Waals surface area contributed by atoms with Crippen LogP contribution in [-0.4, -0.2) is 45.3 Å². The number of methoxy groups -OCH3 is 2. The molecule has 0 aliphatic heterocycles. The summed E-state index contributed by atoms with van der Waals surface area (Å²) in [4.78, 5) is 27.9. The van der Waals surface area contributed by atoms with Gasteiger partial charge in [-0.2, -0.15) is 0 Å². The molecule has 168 valence electrons. The van der Waals surface area contributed by atoms with E-state index in [1.54, 1.807) is 24.3 Å². The van der Waals surface area contributed by atoms with Gasteiger partial charge in [0.05, 0.1) is 30.6 Å². The van der Waals surface area contributed by atoms with Crippen LogP contribution in [0.15, 0.2) is 59.0 Å². The highest BCUT2D eigenvalue weighted by Crippen LogP contribution is 2.33. The van der Waals surface area contributed by atoms with Crippen molar-refractivity contribution in [1.82, 2.24) is 4.98 Å². The molecule has 0 radical (unpaired) electrons. The van der Waals surface area contributed by atoms with Crippen molar-refractivity contribution in [2.24, 2.45) is 0 Å². The van der Waals surface area contributed by atoms with Gasteiger partial charge in [-0.15, -0.1) is 0 Å². The Balaban J connectivity index is 2.15. The van der Waals surface area contributed by atoms with E-state index in [4.69, 9.17) is 9.47 Å². The number of para-hydroxylation sites is 1. The predicted molar refractivity (Wildman–Crippen MR) is 123 cm³/mol. The minimum absolute atomic E-state index is 0.102. The van der Waals surface area contributed by atoms with E-state index < -0.39 is 21.8 Å². The highest BCUT2D eigenvalue weighted by Gasteiger charge is 2.22. The van der Waals surface area contributed by atoms with Crippen molar-refractivity contribution >= 4 is 38.8 Å². The molecule has 3 aromatic rings. The van der Waals surface area contributed by atoms with E-state index in [0.29, 0.717) is 23.2 Å².